The van der Waals surface area contributed by atoms with Gasteiger partial charge in [0.2, 0.25) is 17.7 Å². The number of hydrogen-bond donors (Lipinski definition) is 2. The van der Waals surface area contributed by atoms with Gasteiger partial charge in [0.25, 0.3) is 5.91 Å². The van der Waals surface area contributed by atoms with Gasteiger partial charge in [0, 0.05) is 43.6 Å². The Bertz CT molecular complexity index is 1630. The van der Waals surface area contributed by atoms with Gasteiger partial charge in [-0.3, -0.25) is 14.5 Å². The molecule has 2 amide bonds. The SMILES string of the molecule is COc1ncc(-c2cc(CN3CCC(C(F)(F)F)CC3)c3c(N)ncnn23)cc1C(=O)N[C@@H]1CN(C(=O)C2CC(F)(F)C2)C[C@@H]1F. The Hall–Kier alpha value is -4.15. The van der Waals surface area contributed by atoms with Crippen LogP contribution in [0.5, 0.6) is 5.88 Å². The lowest BCUT2D eigenvalue weighted by molar-refractivity contribution is -0.185. The average Bonchev–Trinajstić information content (AvgIpc) is 3.55. The molecule has 3 aromatic rings. The Balaban J connectivity index is 1.22. The van der Waals surface area contributed by atoms with Gasteiger partial charge in [-0.05, 0) is 43.6 Å². The first kappa shape index (κ1) is 31.8. The monoisotopic (exact) mass is 654 g/mol. The summed E-state index contributed by atoms with van der Waals surface area (Å²) >= 11 is 0. The molecule has 3 aromatic heterocycles. The van der Waals surface area contributed by atoms with Crippen LogP contribution in [0.25, 0.3) is 16.8 Å². The topological polar surface area (TPSA) is 131 Å². The van der Waals surface area contributed by atoms with Crippen LogP contribution < -0.4 is 15.8 Å². The van der Waals surface area contributed by atoms with Crippen molar-refractivity contribution in [3.8, 4) is 17.1 Å². The number of nitrogens with one attached hydrogen (secondary N) is 1. The smallest absolute Gasteiger partial charge is 0.391 e. The Labute approximate surface area is 259 Å². The zero-order valence-corrected chi connectivity index (χ0v) is 24.7. The highest BCUT2D eigenvalue weighted by Crippen LogP contribution is 2.43. The summed E-state index contributed by atoms with van der Waals surface area (Å²) in [5, 5.41) is 6.89. The standard InChI is InChI=1S/C29H32F6N8O3/c1-46-26-19(25(44)40-21-13-42(12-20(21)30)27(45)17-8-28(31,32)9-17)6-15(10-37-26)22-7-16(23-24(36)38-14-39-43(22)23)11-41-4-2-18(3-5-41)29(33,34)35/h6-7,10,14,17-18,20-21H,2-5,8-9,11-13H2,1H3,(H,40,44)(H2,36,38,39)/t20-,21+/m0/s1. The molecule has 0 unspecified atom stereocenters. The molecule has 1 aliphatic carbocycles. The number of carbonyl (C=O) groups is 2. The molecule has 0 aromatic carbocycles. The molecule has 5 heterocycles. The highest BCUT2D eigenvalue weighted by molar-refractivity contribution is 5.98. The molecule has 11 nitrogen and oxygen atoms in total. The van der Waals surface area contributed by atoms with E-state index in [4.69, 9.17) is 10.5 Å². The van der Waals surface area contributed by atoms with Gasteiger partial charge in [-0.1, -0.05) is 0 Å². The third-order valence-corrected chi connectivity index (χ3v) is 9.01. The number of aromatic nitrogens is 4. The lowest BCUT2D eigenvalue weighted by Crippen LogP contribution is -2.47. The number of likely N-dealkylation sites (tertiary alicyclic amines) is 2. The van der Waals surface area contributed by atoms with Gasteiger partial charge >= 0.3 is 6.18 Å². The Kier molecular flexibility index (Phi) is 8.23. The number of carbonyl (C=O) groups excluding carboxylic acids is 2. The molecule has 0 spiro atoms. The number of alkyl halides is 6. The molecule has 6 rings (SSSR count). The van der Waals surface area contributed by atoms with E-state index in [2.05, 4.69) is 20.4 Å². The van der Waals surface area contributed by atoms with Crippen molar-refractivity contribution < 1.29 is 40.7 Å². The average molecular weight is 655 g/mol. The molecule has 3 N–H and O–H groups in total. The minimum atomic E-state index is -4.23. The van der Waals surface area contributed by atoms with Crippen LogP contribution in [-0.4, -0.2) is 98.8 Å². The fourth-order valence-corrected chi connectivity index (χ4v) is 6.47. The van der Waals surface area contributed by atoms with Gasteiger partial charge < -0.3 is 20.7 Å². The number of amides is 2. The molecule has 248 valence electrons. The quantitative estimate of drug-likeness (QED) is 0.371. The van der Waals surface area contributed by atoms with Gasteiger partial charge in [-0.15, -0.1) is 0 Å². The Morgan fingerprint density at radius 2 is 1.85 bits per heavy atom. The van der Waals surface area contributed by atoms with Crippen LogP contribution in [0.3, 0.4) is 0 Å². The van der Waals surface area contributed by atoms with Crippen molar-refractivity contribution in [2.45, 2.75) is 56.5 Å². The number of nitrogens with two attached hydrogens (primary N) is 1. The largest absolute Gasteiger partial charge is 0.480 e. The molecule has 2 saturated heterocycles. The van der Waals surface area contributed by atoms with Crippen LogP contribution in [0, 0.1) is 11.8 Å². The van der Waals surface area contributed by atoms with Crippen molar-refractivity contribution in [2.24, 2.45) is 11.8 Å². The van der Waals surface area contributed by atoms with Crippen molar-refractivity contribution in [2.75, 3.05) is 39.0 Å². The number of nitrogens with zero attached hydrogens (tertiary/aromatic N) is 6. The fourth-order valence-electron chi connectivity index (χ4n) is 6.47. The number of fused-ring (bicyclic) bond motifs is 1. The number of rotatable bonds is 7. The predicted octanol–water partition coefficient (Wildman–Crippen LogP) is 3.48. The summed E-state index contributed by atoms with van der Waals surface area (Å²) in [4.78, 5) is 37.4. The van der Waals surface area contributed by atoms with E-state index in [-0.39, 0.29) is 62.8 Å². The number of nitrogen functional groups attached to an aromatic ring is 1. The number of methoxy groups -OCH3 is 1. The van der Waals surface area contributed by atoms with Crippen LogP contribution in [0.1, 0.15) is 41.6 Å². The third-order valence-electron chi connectivity index (χ3n) is 9.01. The first-order chi connectivity index (χ1) is 21.7. The van der Waals surface area contributed by atoms with Gasteiger partial charge in [-0.25, -0.2) is 27.7 Å². The number of ether oxygens (including phenoxy) is 1. The molecule has 17 heteroatoms. The van der Waals surface area contributed by atoms with Crippen LogP contribution in [-0.2, 0) is 11.3 Å². The van der Waals surface area contributed by atoms with Crippen LogP contribution in [0.4, 0.5) is 32.2 Å². The predicted molar refractivity (Wildman–Crippen MR) is 152 cm³/mol. The molecule has 3 aliphatic rings. The molecule has 0 radical (unpaired) electrons. The van der Waals surface area contributed by atoms with Crippen molar-refractivity contribution in [3.63, 3.8) is 0 Å². The van der Waals surface area contributed by atoms with Gasteiger partial charge in [-0.2, -0.15) is 18.3 Å². The lowest BCUT2D eigenvalue weighted by Gasteiger charge is -2.36. The second-order valence-corrected chi connectivity index (χ2v) is 12.1. The van der Waals surface area contributed by atoms with E-state index in [1.165, 1.54) is 30.2 Å². The Morgan fingerprint density at radius 1 is 1.13 bits per heavy atom. The number of halogens is 6. The molecule has 2 atom stereocenters. The van der Waals surface area contributed by atoms with Crippen molar-refractivity contribution in [1.82, 2.24) is 34.7 Å². The zero-order valence-electron chi connectivity index (χ0n) is 24.7. The summed E-state index contributed by atoms with van der Waals surface area (Å²) in [6, 6.07) is 2.14. The first-order valence-corrected chi connectivity index (χ1v) is 14.8. The third kappa shape index (κ3) is 6.16. The highest BCUT2D eigenvalue weighted by atomic mass is 19.4. The summed E-state index contributed by atoms with van der Waals surface area (Å²) in [6.45, 7) is 0.273. The maximum Gasteiger partial charge on any atom is 0.391 e. The number of hydrogen-bond acceptors (Lipinski definition) is 8. The van der Waals surface area contributed by atoms with E-state index in [0.29, 0.717) is 22.3 Å². The van der Waals surface area contributed by atoms with Gasteiger partial charge in [0.05, 0.1) is 31.3 Å². The summed E-state index contributed by atoms with van der Waals surface area (Å²) in [7, 11) is 1.31. The molecular formula is C29H32F6N8O3. The molecule has 0 bridgehead atoms. The maximum atomic E-state index is 14.9. The van der Waals surface area contributed by atoms with Crippen molar-refractivity contribution in [3.05, 3.63) is 35.8 Å². The van der Waals surface area contributed by atoms with Crippen molar-refractivity contribution >= 4 is 23.1 Å². The molecule has 3 fully saturated rings. The Morgan fingerprint density at radius 3 is 2.50 bits per heavy atom. The number of anilines is 1. The molecule has 46 heavy (non-hydrogen) atoms. The number of pyridine rings is 1. The van der Waals surface area contributed by atoms with E-state index < -0.39 is 60.8 Å². The van der Waals surface area contributed by atoms with Gasteiger partial charge in [0.15, 0.2) is 5.82 Å². The van der Waals surface area contributed by atoms with Crippen molar-refractivity contribution in [1.29, 1.82) is 0 Å². The zero-order chi connectivity index (χ0) is 33.0. The maximum absolute atomic E-state index is 14.9. The highest BCUT2D eigenvalue weighted by Gasteiger charge is 2.51. The summed E-state index contributed by atoms with van der Waals surface area (Å²) in [6.07, 6.45) is -4.35. The molecule has 1 saturated carbocycles. The van der Waals surface area contributed by atoms with E-state index in [9.17, 15) is 35.9 Å². The summed E-state index contributed by atoms with van der Waals surface area (Å²) in [5.41, 5.74) is 8.16. The molecular weight excluding hydrogens is 622 g/mol. The first-order valence-electron chi connectivity index (χ1n) is 14.8. The van der Waals surface area contributed by atoms with E-state index in [1.54, 1.807) is 6.07 Å². The minimum absolute atomic E-state index is 0.0157. The molecule has 2 aliphatic heterocycles. The summed E-state index contributed by atoms with van der Waals surface area (Å²) < 4.78 is 87.8. The lowest BCUT2D eigenvalue weighted by atomic mass is 9.80. The van der Waals surface area contributed by atoms with Gasteiger partial charge in [0.1, 0.15) is 23.6 Å². The normalized spacial score (nSPS) is 22.6. The van der Waals surface area contributed by atoms with E-state index >= 15 is 0 Å². The minimum Gasteiger partial charge on any atom is -0.480 e. The second kappa shape index (κ2) is 11.9. The van der Waals surface area contributed by atoms with Crippen LogP contribution >= 0.6 is 0 Å². The van der Waals surface area contributed by atoms with E-state index in [0.717, 1.165) is 4.90 Å². The summed E-state index contributed by atoms with van der Waals surface area (Å²) in [5.74, 6) is -6.30. The van der Waals surface area contributed by atoms with Crippen LogP contribution in [0.15, 0.2) is 24.7 Å². The van der Waals surface area contributed by atoms with Crippen LogP contribution in [0.2, 0.25) is 0 Å². The second-order valence-electron chi connectivity index (χ2n) is 12.1. The number of piperidine rings is 1. The fraction of sp³-hybridized carbons (Fsp3) is 0.552. The van der Waals surface area contributed by atoms with E-state index in [1.807, 2.05) is 4.90 Å².